The molecular weight excluding hydrogens is 238 g/mol. The van der Waals surface area contributed by atoms with Gasteiger partial charge in [-0.2, -0.15) is 0 Å². The predicted octanol–water partition coefficient (Wildman–Crippen LogP) is 4.27. The van der Waals surface area contributed by atoms with Gasteiger partial charge in [-0.25, -0.2) is 4.79 Å². The standard InChI is InChI=1S/C16H25NO2/c1-3-4-5-7-10-14(2)17-16(18)19-13-15-11-8-6-9-12-15/h6,8-9,11-12,14H,3-5,7,10,13H2,1-2H3,(H,17,18)/t14-/m1/s1. The van der Waals surface area contributed by atoms with Crippen LogP contribution in [-0.4, -0.2) is 12.1 Å². The Bertz CT molecular complexity index is 351. The van der Waals surface area contributed by atoms with Crippen LogP contribution < -0.4 is 5.32 Å². The number of hydrogen-bond acceptors (Lipinski definition) is 2. The van der Waals surface area contributed by atoms with Crippen LogP contribution in [0.3, 0.4) is 0 Å². The van der Waals surface area contributed by atoms with Crippen LogP contribution >= 0.6 is 0 Å². The van der Waals surface area contributed by atoms with Crippen LogP contribution in [0.2, 0.25) is 0 Å². The number of alkyl carbamates (subject to hydrolysis) is 1. The topological polar surface area (TPSA) is 38.3 Å². The highest BCUT2D eigenvalue weighted by atomic mass is 16.5. The summed E-state index contributed by atoms with van der Waals surface area (Å²) >= 11 is 0. The molecule has 0 aliphatic rings. The number of hydrogen-bond donors (Lipinski definition) is 1. The minimum atomic E-state index is -0.327. The molecule has 0 bridgehead atoms. The maximum absolute atomic E-state index is 11.6. The molecular formula is C16H25NO2. The Morgan fingerprint density at radius 2 is 1.95 bits per heavy atom. The summed E-state index contributed by atoms with van der Waals surface area (Å²) in [7, 11) is 0. The van der Waals surface area contributed by atoms with E-state index in [1.807, 2.05) is 37.3 Å². The van der Waals surface area contributed by atoms with E-state index in [4.69, 9.17) is 4.74 Å². The van der Waals surface area contributed by atoms with Crippen molar-refractivity contribution in [1.29, 1.82) is 0 Å². The largest absolute Gasteiger partial charge is 0.445 e. The lowest BCUT2D eigenvalue weighted by Gasteiger charge is -2.13. The normalized spacial score (nSPS) is 11.9. The van der Waals surface area contributed by atoms with Crippen LogP contribution in [0, 0.1) is 0 Å². The van der Waals surface area contributed by atoms with Crippen molar-refractivity contribution < 1.29 is 9.53 Å². The van der Waals surface area contributed by atoms with E-state index >= 15 is 0 Å². The molecule has 0 saturated heterocycles. The minimum absolute atomic E-state index is 0.181. The summed E-state index contributed by atoms with van der Waals surface area (Å²) in [6.45, 7) is 4.55. The molecule has 3 heteroatoms. The first-order valence-electron chi connectivity index (χ1n) is 7.19. The number of amides is 1. The van der Waals surface area contributed by atoms with Crippen molar-refractivity contribution in [3.8, 4) is 0 Å². The summed E-state index contributed by atoms with van der Waals surface area (Å²) in [5.74, 6) is 0. The quantitative estimate of drug-likeness (QED) is 0.711. The lowest BCUT2D eigenvalue weighted by Crippen LogP contribution is -2.32. The molecule has 0 spiro atoms. The van der Waals surface area contributed by atoms with Crippen molar-refractivity contribution in [1.82, 2.24) is 5.32 Å². The van der Waals surface area contributed by atoms with E-state index in [9.17, 15) is 4.79 Å². The van der Waals surface area contributed by atoms with Crippen molar-refractivity contribution in [2.24, 2.45) is 0 Å². The molecule has 1 aromatic carbocycles. The summed E-state index contributed by atoms with van der Waals surface area (Å²) in [5.41, 5.74) is 1.01. The van der Waals surface area contributed by atoms with Crippen LogP contribution in [-0.2, 0) is 11.3 Å². The van der Waals surface area contributed by atoms with E-state index in [1.54, 1.807) is 0 Å². The molecule has 0 heterocycles. The smallest absolute Gasteiger partial charge is 0.407 e. The summed E-state index contributed by atoms with van der Waals surface area (Å²) in [5, 5.41) is 2.87. The Balaban J connectivity index is 2.13. The summed E-state index contributed by atoms with van der Waals surface area (Å²) < 4.78 is 5.18. The fourth-order valence-corrected chi connectivity index (χ4v) is 1.92. The van der Waals surface area contributed by atoms with Gasteiger partial charge in [0.15, 0.2) is 0 Å². The first kappa shape index (κ1) is 15.5. The maximum atomic E-state index is 11.6. The molecule has 1 N–H and O–H groups in total. The second kappa shape index (κ2) is 9.42. The van der Waals surface area contributed by atoms with Crippen LogP contribution in [0.5, 0.6) is 0 Å². The molecule has 0 fully saturated rings. The van der Waals surface area contributed by atoms with Gasteiger partial charge < -0.3 is 10.1 Å². The van der Waals surface area contributed by atoms with Crippen molar-refractivity contribution in [3.63, 3.8) is 0 Å². The molecule has 19 heavy (non-hydrogen) atoms. The van der Waals surface area contributed by atoms with Crippen LogP contribution in [0.25, 0.3) is 0 Å². The third-order valence-corrected chi connectivity index (χ3v) is 3.07. The predicted molar refractivity (Wildman–Crippen MR) is 78.0 cm³/mol. The number of carbonyl (C=O) groups is 1. The van der Waals surface area contributed by atoms with E-state index in [-0.39, 0.29) is 12.1 Å². The van der Waals surface area contributed by atoms with Gasteiger partial charge in [-0.15, -0.1) is 0 Å². The maximum Gasteiger partial charge on any atom is 0.407 e. The Morgan fingerprint density at radius 3 is 2.63 bits per heavy atom. The third-order valence-electron chi connectivity index (χ3n) is 3.07. The van der Waals surface area contributed by atoms with Gasteiger partial charge in [-0.05, 0) is 18.9 Å². The van der Waals surface area contributed by atoms with E-state index in [1.165, 1.54) is 19.3 Å². The molecule has 106 valence electrons. The molecule has 1 aromatic rings. The first-order chi connectivity index (χ1) is 9.22. The summed E-state index contributed by atoms with van der Waals surface area (Å²) in [6.07, 6.45) is 5.59. The Hall–Kier alpha value is -1.51. The van der Waals surface area contributed by atoms with Crippen molar-refractivity contribution >= 4 is 6.09 Å². The molecule has 3 nitrogen and oxygen atoms in total. The van der Waals surface area contributed by atoms with E-state index in [2.05, 4.69) is 12.2 Å². The molecule has 1 rings (SSSR count). The van der Waals surface area contributed by atoms with E-state index in [0.717, 1.165) is 18.4 Å². The highest BCUT2D eigenvalue weighted by molar-refractivity contribution is 5.67. The van der Waals surface area contributed by atoms with Gasteiger partial charge in [-0.3, -0.25) is 0 Å². The number of carbonyl (C=O) groups excluding carboxylic acids is 1. The second-order valence-corrected chi connectivity index (χ2v) is 4.96. The molecule has 0 saturated carbocycles. The molecule has 0 aliphatic carbocycles. The molecule has 1 amide bonds. The van der Waals surface area contributed by atoms with Gasteiger partial charge in [0, 0.05) is 6.04 Å². The van der Waals surface area contributed by atoms with Crippen LogP contribution in [0.4, 0.5) is 4.79 Å². The number of benzene rings is 1. The fourth-order valence-electron chi connectivity index (χ4n) is 1.92. The summed E-state index contributed by atoms with van der Waals surface area (Å²) in [6, 6.07) is 9.89. The fraction of sp³-hybridized carbons (Fsp3) is 0.562. The highest BCUT2D eigenvalue weighted by Gasteiger charge is 2.07. The van der Waals surface area contributed by atoms with Crippen LogP contribution in [0.1, 0.15) is 51.5 Å². The monoisotopic (exact) mass is 263 g/mol. The van der Waals surface area contributed by atoms with Gasteiger partial charge in [0.05, 0.1) is 0 Å². The van der Waals surface area contributed by atoms with Gasteiger partial charge in [0.2, 0.25) is 0 Å². The first-order valence-corrected chi connectivity index (χ1v) is 7.19. The molecule has 0 radical (unpaired) electrons. The lowest BCUT2D eigenvalue weighted by molar-refractivity contribution is 0.136. The van der Waals surface area contributed by atoms with Gasteiger partial charge in [0.25, 0.3) is 0 Å². The van der Waals surface area contributed by atoms with Gasteiger partial charge in [0.1, 0.15) is 6.61 Å². The zero-order chi connectivity index (χ0) is 13.9. The second-order valence-electron chi connectivity index (χ2n) is 4.96. The zero-order valence-corrected chi connectivity index (χ0v) is 12.0. The Kier molecular flexibility index (Phi) is 7.71. The van der Waals surface area contributed by atoms with Crippen molar-refractivity contribution in [2.45, 2.75) is 58.6 Å². The molecule has 0 unspecified atom stereocenters. The van der Waals surface area contributed by atoms with Gasteiger partial charge >= 0.3 is 6.09 Å². The lowest BCUT2D eigenvalue weighted by atomic mass is 10.1. The highest BCUT2D eigenvalue weighted by Crippen LogP contribution is 2.06. The van der Waals surface area contributed by atoms with Crippen molar-refractivity contribution in [2.75, 3.05) is 0 Å². The minimum Gasteiger partial charge on any atom is -0.445 e. The number of nitrogens with one attached hydrogen (secondary N) is 1. The number of ether oxygens (including phenoxy) is 1. The number of rotatable bonds is 8. The molecule has 0 aromatic heterocycles. The third kappa shape index (κ3) is 7.50. The zero-order valence-electron chi connectivity index (χ0n) is 12.0. The van der Waals surface area contributed by atoms with Crippen molar-refractivity contribution in [3.05, 3.63) is 35.9 Å². The van der Waals surface area contributed by atoms with Gasteiger partial charge in [-0.1, -0.05) is 62.9 Å². The SMILES string of the molecule is CCCCCC[C@@H](C)NC(=O)OCc1ccccc1. The van der Waals surface area contributed by atoms with Crippen LogP contribution in [0.15, 0.2) is 30.3 Å². The number of unbranched alkanes of at least 4 members (excludes halogenated alkanes) is 3. The summed E-state index contributed by atoms with van der Waals surface area (Å²) in [4.78, 5) is 11.6. The average molecular weight is 263 g/mol. The van der Waals surface area contributed by atoms with E-state index in [0.29, 0.717) is 6.61 Å². The van der Waals surface area contributed by atoms with E-state index < -0.39 is 0 Å². The average Bonchev–Trinajstić information content (AvgIpc) is 2.42. The Morgan fingerprint density at radius 1 is 1.21 bits per heavy atom. The molecule has 1 atom stereocenters. The molecule has 0 aliphatic heterocycles. The Labute approximate surface area is 116 Å².